The number of ether oxygens (including phenoxy) is 2. The Balaban J connectivity index is 2.52. The van der Waals surface area contributed by atoms with Gasteiger partial charge >= 0.3 is 5.97 Å². The Morgan fingerprint density at radius 2 is 1.94 bits per heavy atom. The fourth-order valence-corrected chi connectivity index (χ4v) is 2.47. The van der Waals surface area contributed by atoms with Crippen molar-refractivity contribution in [3.63, 3.8) is 0 Å². The minimum Gasteiger partial charge on any atom is -0.468 e. The van der Waals surface area contributed by atoms with Crippen LogP contribution in [-0.2, 0) is 14.3 Å². The van der Waals surface area contributed by atoms with Crippen LogP contribution in [0.1, 0.15) is 39.0 Å². The molecule has 1 aliphatic carbocycles. The molecule has 0 aromatic heterocycles. The summed E-state index contributed by atoms with van der Waals surface area (Å²) in [5.41, 5.74) is 0. The predicted octanol–water partition coefficient (Wildman–Crippen LogP) is 1.73. The molecule has 4 nitrogen and oxygen atoms in total. The van der Waals surface area contributed by atoms with Gasteiger partial charge in [0, 0.05) is 19.1 Å². The first kappa shape index (κ1) is 14.5. The van der Waals surface area contributed by atoms with Crippen LogP contribution in [0.15, 0.2) is 0 Å². The van der Waals surface area contributed by atoms with Gasteiger partial charge in [-0.15, -0.1) is 0 Å². The molecule has 0 aromatic carbocycles. The van der Waals surface area contributed by atoms with Crippen molar-refractivity contribution in [2.45, 2.75) is 51.1 Å². The van der Waals surface area contributed by atoms with Gasteiger partial charge in [0.2, 0.25) is 0 Å². The summed E-state index contributed by atoms with van der Waals surface area (Å²) in [4.78, 5) is 11.8. The largest absolute Gasteiger partial charge is 0.468 e. The zero-order valence-electron chi connectivity index (χ0n) is 11.2. The van der Waals surface area contributed by atoms with Crippen LogP contribution >= 0.6 is 0 Å². The van der Waals surface area contributed by atoms with Crippen molar-refractivity contribution in [1.82, 2.24) is 5.32 Å². The van der Waals surface area contributed by atoms with Gasteiger partial charge in [-0.1, -0.05) is 26.2 Å². The van der Waals surface area contributed by atoms with Crippen LogP contribution in [0.4, 0.5) is 0 Å². The molecule has 1 N–H and O–H groups in total. The summed E-state index contributed by atoms with van der Waals surface area (Å²) in [7, 11) is 3.10. The van der Waals surface area contributed by atoms with Crippen molar-refractivity contribution >= 4 is 5.97 Å². The second kappa shape index (κ2) is 7.67. The van der Waals surface area contributed by atoms with Crippen molar-refractivity contribution in [2.24, 2.45) is 5.92 Å². The van der Waals surface area contributed by atoms with E-state index in [0.29, 0.717) is 12.6 Å². The molecule has 0 amide bonds. The molecule has 0 heterocycles. The van der Waals surface area contributed by atoms with Crippen LogP contribution in [0.5, 0.6) is 0 Å². The summed E-state index contributed by atoms with van der Waals surface area (Å²) < 4.78 is 9.99. The summed E-state index contributed by atoms with van der Waals surface area (Å²) in [5, 5.41) is 3.44. The topological polar surface area (TPSA) is 47.6 Å². The summed E-state index contributed by atoms with van der Waals surface area (Å²) in [6.07, 6.45) is 6.14. The molecule has 100 valence electrons. The number of nitrogens with one attached hydrogen (secondary N) is 1. The highest BCUT2D eigenvalue weighted by Gasteiger charge is 2.28. The highest BCUT2D eigenvalue weighted by molar-refractivity contribution is 5.76. The fraction of sp³-hybridized carbons (Fsp3) is 0.923. The summed E-state index contributed by atoms with van der Waals surface area (Å²) in [6.45, 7) is 2.58. The maximum atomic E-state index is 11.8. The first-order valence-corrected chi connectivity index (χ1v) is 6.51. The number of rotatable bonds is 6. The highest BCUT2D eigenvalue weighted by Crippen LogP contribution is 2.19. The molecule has 0 spiro atoms. The van der Waals surface area contributed by atoms with Crippen molar-refractivity contribution in [3.8, 4) is 0 Å². The van der Waals surface area contributed by atoms with Gasteiger partial charge in [0.1, 0.15) is 6.04 Å². The Labute approximate surface area is 104 Å². The second-order valence-corrected chi connectivity index (χ2v) is 4.94. The minimum absolute atomic E-state index is 0.134. The number of carbonyl (C=O) groups is 1. The van der Waals surface area contributed by atoms with Crippen molar-refractivity contribution in [2.75, 3.05) is 20.8 Å². The molecule has 0 saturated heterocycles. The standard InChI is InChI=1S/C13H25NO3/c1-10(9-16-2)12(13(15)17-3)14-11-7-5-4-6-8-11/h10-12,14H,4-9H2,1-3H3. The van der Waals surface area contributed by atoms with E-state index in [1.54, 1.807) is 7.11 Å². The Morgan fingerprint density at radius 3 is 2.47 bits per heavy atom. The lowest BCUT2D eigenvalue weighted by Crippen LogP contribution is -2.49. The molecule has 1 saturated carbocycles. The average Bonchev–Trinajstić information content (AvgIpc) is 2.36. The third-order valence-electron chi connectivity index (χ3n) is 3.47. The zero-order chi connectivity index (χ0) is 12.7. The van der Waals surface area contributed by atoms with Gasteiger partial charge < -0.3 is 14.8 Å². The number of esters is 1. The molecule has 0 aliphatic heterocycles. The molecule has 17 heavy (non-hydrogen) atoms. The Bertz CT molecular complexity index is 227. The molecule has 0 bridgehead atoms. The van der Waals surface area contributed by atoms with Gasteiger partial charge in [0.25, 0.3) is 0 Å². The lowest BCUT2D eigenvalue weighted by molar-refractivity contribution is -0.145. The molecule has 1 aliphatic rings. The van der Waals surface area contributed by atoms with Crippen LogP contribution in [0.2, 0.25) is 0 Å². The monoisotopic (exact) mass is 243 g/mol. The molecular formula is C13H25NO3. The Kier molecular flexibility index (Phi) is 6.52. The van der Waals surface area contributed by atoms with E-state index >= 15 is 0 Å². The number of carbonyl (C=O) groups excluding carboxylic acids is 1. The van der Waals surface area contributed by atoms with Crippen LogP contribution in [-0.4, -0.2) is 38.9 Å². The van der Waals surface area contributed by atoms with E-state index in [1.165, 1.54) is 26.4 Å². The maximum Gasteiger partial charge on any atom is 0.323 e. The van der Waals surface area contributed by atoms with Crippen molar-refractivity contribution in [3.05, 3.63) is 0 Å². The molecular weight excluding hydrogens is 218 g/mol. The molecule has 2 unspecified atom stereocenters. The normalized spacial score (nSPS) is 20.9. The molecule has 2 atom stereocenters. The first-order chi connectivity index (χ1) is 8.19. The molecule has 1 rings (SSSR count). The first-order valence-electron chi connectivity index (χ1n) is 6.51. The van der Waals surface area contributed by atoms with Gasteiger partial charge in [0.05, 0.1) is 13.7 Å². The summed E-state index contributed by atoms with van der Waals surface area (Å²) in [6, 6.07) is 0.204. The van der Waals surface area contributed by atoms with Gasteiger partial charge in [-0.25, -0.2) is 0 Å². The molecule has 0 radical (unpaired) electrons. The smallest absolute Gasteiger partial charge is 0.323 e. The Morgan fingerprint density at radius 1 is 1.29 bits per heavy atom. The lowest BCUT2D eigenvalue weighted by Gasteiger charge is -2.30. The number of methoxy groups -OCH3 is 2. The quantitative estimate of drug-likeness (QED) is 0.722. The molecule has 0 aromatic rings. The third-order valence-corrected chi connectivity index (χ3v) is 3.47. The predicted molar refractivity (Wildman–Crippen MR) is 66.9 cm³/mol. The van der Waals surface area contributed by atoms with Gasteiger partial charge in [-0.3, -0.25) is 4.79 Å². The van der Waals surface area contributed by atoms with E-state index < -0.39 is 0 Å². The summed E-state index contributed by atoms with van der Waals surface area (Å²) >= 11 is 0. The average molecular weight is 243 g/mol. The lowest BCUT2D eigenvalue weighted by atomic mass is 9.93. The van der Waals surface area contributed by atoms with Crippen LogP contribution in [0, 0.1) is 5.92 Å². The minimum atomic E-state index is -0.247. The van der Waals surface area contributed by atoms with Gasteiger partial charge in [-0.05, 0) is 12.8 Å². The van der Waals surface area contributed by atoms with E-state index in [9.17, 15) is 4.79 Å². The Hall–Kier alpha value is -0.610. The zero-order valence-corrected chi connectivity index (χ0v) is 11.2. The van der Waals surface area contributed by atoms with E-state index in [-0.39, 0.29) is 17.9 Å². The van der Waals surface area contributed by atoms with Crippen LogP contribution < -0.4 is 5.32 Å². The molecule has 4 heteroatoms. The van der Waals surface area contributed by atoms with E-state index in [2.05, 4.69) is 5.32 Å². The summed E-state index contributed by atoms with van der Waals surface area (Å²) in [5.74, 6) is -0.0468. The van der Waals surface area contributed by atoms with Crippen LogP contribution in [0.3, 0.4) is 0 Å². The number of hydrogen-bond donors (Lipinski definition) is 1. The van der Waals surface area contributed by atoms with Crippen LogP contribution in [0.25, 0.3) is 0 Å². The van der Waals surface area contributed by atoms with E-state index in [0.717, 1.165) is 12.8 Å². The van der Waals surface area contributed by atoms with E-state index in [1.807, 2.05) is 6.92 Å². The number of hydrogen-bond acceptors (Lipinski definition) is 4. The van der Waals surface area contributed by atoms with E-state index in [4.69, 9.17) is 9.47 Å². The molecule has 1 fully saturated rings. The van der Waals surface area contributed by atoms with Crippen molar-refractivity contribution < 1.29 is 14.3 Å². The van der Waals surface area contributed by atoms with Gasteiger partial charge in [-0.2, -0.15) is 0 Å². The SMILES string of the molecule is COCC(C)C(NC1CCCCC1)C(=O)OC. The van der Waals surface area contributed by atoms with Gasteiger partial charge in [0.15, 0.2) is 0 Å². The maximum absolute atomic E-state index is 11.8. The van der Waals surface area contributed by atoms with Crippen molar-refractivity contribution in [1.29, 1.82) is 0 Å². The second-order valence-electron chi connectivity index (χ2n) is 4.94. The highest BCUT2D eigenvalue weighted by atomic mass is 16.5. The fourth-order valence-electron chi connectivity index (χ4n) is 2.47. The third kappa shape index (κ3) is 4.64.